The highest BCUT2D eigenvalue weighted by Crippen LogP contribution is 2.11. The van der Waals surface area contributed by atoms with Crippen molar-refractivity contribution >= 4 is 23.2 Å². The fourth-order valence-corrected chi connectivity index (χ4v) is 1.53. The normalized spacial score (nSPS) is 12.9. The molecule has 1 unspecified atom stereocenters. The van der Waals surface area contributed by atoms with Crippen LogP contribution < -0.4 is 5.73 Å². The zero-order valence-corrected chi connectivity index (χ0v) is 8.92. The predicted octanol–water partition coefficient (Wildman–Crippen LogP) is 0.337. The SMILES string of the molecule is NC(Cc1cnc2cnc(Cl)cn12)C(=O)O. The van der Waals surface area contributed by atoms with Crippen molar-refractivity contribution in [2.24, 2.45) is 5.73 Å². The van der Waals surface area contributed by atoms with Crippen molar-refractivity contribution in [1.29, 1.82) is 0 Å². The van der Waals surface area contributed by atoms with Gasteiger partial charge < -0.3 is 10.8 Å². The third kappa shape index (κ3) is 1.98. The molecular formula is C9H9ClN4O2. The molecule has 0 radical (unpaired) electrons. The molecule has 7 heteroatoms. The Kier molecular flexibility index (Phi) is 2.76. The molecule has 16 heavy (non-hydrogen) atoms. The maximum absolute atomic E-state index is 10.6. The summed E-state index contributed by atoms with van der Waals surface area (Å²) >= 11 is 5.74. The van der Waals surface area contributed by atoms with E-state index in [4.69, 9.17) is 22.4 Å². The summed E-state index contributed by atoms with van der Waals surface area (Å²) in [7, 11) is 0. The van der Waals surface area contributed by atoms with Crippen LogP contribution in [0.15, 0.2) is 18.6 Å². The van der Waals surface area contributed by atoms with Crippen molar-refractivity contribution in [1.82, 2.24) is 14.4 Å². The average molecular weight is 241 g/mol. The second-order valence-corrected chi connectivity index (χ2v) is 3.72. The van der Waals surface area contributed by atoms with Crippen LogP contribution >= 0.6 is 11.6 Å². The van der Waals surface area contributed by atoms with E-state index in [1.165, 1.54) is 6.20 Å². The first kappa shape index (κ1) is 10.8. The van der Waals surface area contributed by atoms with Gasteiger partial charge in [-0.05, 0) is 0 Å². The molecule has 2 aromatic heterocycles. The number of carboxylic acid groups (broad SMARTS) is 1. The van der Waals surface area contributed by atoms with E-state index in [0.717, 1.165) is 0 Å². The van der Waals surface area contributed by atoms with Crippen molar-refractivity contribution in [3.63, 3.8) is 0 Å². The van der Waals surface area contributed by atoms with Gasteiger partial charge >= 0.3 is 5.97 Å². The standard InChI is InChI=1S/C9H9ClN4O2/c10-7-4-14-5(1-6(11)9(15)16)2-13-8(14)3-12-7/h2-4,6H,1,11H2,(H,15,16). The number of nitrogens with two attached hydrogens (primary N) is 1. The summed E-state index contributed by atoms with van der Waals surface area (Å²) in [6.07, 6.45) is 4.85. The molecule has 0 saturated carbocycles. The van der Waals surface area contributed by atoms with Crippen molar-refractivity contribution < 1.29 is 9.90 Å². The van der Waals surface area contributed by atoms with Gasteiger partial charge in [0.25, 0.3) is 0 Å². The fourth-order valence-electron chi connectivity index (χ4n) is 1.38. The summed E-state index contributed by atoms with van der Waals surface area (Å²) in [4.78, 5) is 18.6. The number of nitrogens with zero attached hydrogens (tertiary/aromatic N) is 3. The Morgan fingerprint density at radius 1 is 1.56 bits per heavy atom. The van der Waals surface area contributed by atoms with Crippen LogP contribution in [-0.4, -0.2) is 31.5 Å². The number of carbonyl (C=O) groups is 1. The smallest absolute Gasteiger partial charge is 0.320 e. The Morgan fingerprint density at radius 3 is 3.00 bits per heavy atom. The Balaban J connectivity index is 2.37. The zero-order valence-electron chi connectivity index (χ0n) is 8.17. The highest BCUT2D eigenvalue weighted by Gasteiger charge is 2.15. The maximum Gasteiger partial charge on any atom is 0.320 e. The Hall–Kier alpha value is -1.66. The molecule has 0 fully saturated rings. The maximum atomic E-state index is 10.6. The second kappa shape index (κ2) is 4.07. The fraction of sp³-hybridized carbons (Fsp3) is 0.222. The number of halogens is 1. The van der Waals surface area contributed by atoms with Gasteiger partial charge in [-0.3, -0.25) is 9.20 Å². The van der Waals surface area contributed by atoms with E-state index in [9.17, 15) is 4.79 Å². The molecule has 2 aromatic rings. The van der Waals surface area contributed by atoms with Gasteiger partial charge in [-0.2, -0.15) is 0 Å². The Bertz CT molecular complexity index is 539. The molecule has 0 spiro atoms. The van der Waals surface area contributed by atoms with E-state index >= 15 is 0 Å². The minimum Gasteiger partial charge on any atom is -0.480 e. The van der Waals surface area contributed by atoms with Gasteiger partial charge in [0.15, 0.2) is 5.65 Å². The highest BCUT2D eigenvalue weighted by molar-refractivity contribution is 6.29. The number of aromatic nitrogens is 3. The van der Waals surface area contributed by atoms with Crippen LogP contribution in [0.2, 0.25) is 5.15 Å². The molecule has 1 atom stereocenters. The van der Waals surface area contributed by atoms with E-state index in [0.29, 0.717) is 16.5 Å². The summed E-state index contributed by atoms with van der Waals surface area (Å²) in [6.45, 7) is 0. The number of hydrogen-bond acceptors (Lipinski definition) is 4. The molecule has 0 saturated heterocycles. The van der Waals surface area contributed by atoms with Crippen molar-refractivity contribution in [2.75, 3.05) is 0 Å². The molecule has 6 nitrogen and oxygen atoms in total. The number of carboxylic acids is 1. The molecule has 3 N–H and O–H groups in total. The van der Waals surface area contributed by atoms with E-state index in [1.54, 1.807) is 16.8 Å². The molecule has 0 bridgehead atoms. The van der Waals surface area contributed by atoms with Crippen LogP contribution in [0.25, 0.3) is 5.65 Å². The van der Waals surface area contributed by atoms with Crippen LogP contribution in [-0.2, 0) is 11.2 Å². The number of rotatable bonds is 3. The third-order valence-electron chi connectivity index (χ3n) is 2.19. The summed E-state index contributed by atoms with van der Waals surface area (Å²) in [5.41, 5.74) is 6.74. The Morgan fingerprint density at radius 2 is 2.31 bits per heavy atom. The topological polar surface area (TPSA) is 93.5 Å². The molecule has 0 aliphatic heterocycles. The van der Waals surface area contributed by atoms with Gasteiger partial charge in [-0.1, -0.05) is 11.6 Å². The zero-order chi connectivity index (χ0) is 11.7. The van der Waals surface area contributed by atoms with Gasteiger partial charge in [-0.25, -0.2) is 9.97 Å². The Labute approximate surface area is 95.7 Å². The molecule has 0 aliphatic rings. The summed E-state index contributed by atoms with van der Waals surface area (Å²) in [5.74, 6) is -1.05. The lowest BCUT2D eigenvalue weighted by Crippen LogP contribution is -2.32. The van der Waals surface area contributed by atoms with Crippen LogP contribution in [0.3, 0.4) is 0 Å². The predicted molar refractivity (Wildman–Crippen MR) is 57.3 cm³/mol. The molecule has 0 aromatic carbocycles. The van der Waals surface area contributed by atoms with Crippen LogP contribution in [0.4, 0.5) is 0 Å². The minimum atomic E-state index is -1.05. The number of fused-ring (bicyclic) bond motifs is 1. The highest BCUT2D eigenvalue weighted by atomic mass is 35.5. The van der Waals surface area contributed by atoms with Crippen LogP contribution in [0.1, 0.15) is 5.69 Å². The lowest BCUT2D eigenvalue weighted by molar-refractivity contribution is -0.138. The molecule has 84 valence electrons. The molecular weight excluding hydrogens is 232 g/mol. The van der Waals surface area contributed by atoms with Gasteiger partial charge in [0.2, 0.25) is 0 Å². The molecule has 2 heterocycles. The first-order valence-corrected chi connectivity index (χ1v) is 4.91. The number of aliphatic carboxylic acids is 1. The van der Waals surface area contributed by atoms with Gasteiger partial charge in [0.1, 0.15) is 11.2 Å². The van der Waals surface area contributed by atoms with Crippen LogP contribution in [0.5, 0.6) is 0 Å². The summed E-state index contributed by atoms with van der Waals surface area (Å²) < 4.78 is 1.68. The van der Waals surface area contributed by atoms with Gasteiger partial charge in [-0.15, -0.1) is 0 Å². The first-order chi connectivity index (χ1) is 7.58. The second-order valence-electron chi connectivity index (χ2n) is 3.34. The van der Waals surface area contributed by atoms with E-state index in [2.05, 4.69) is 9.97 Å². The first-order valence-electron chi connectivity index (χ1n) is 4.54. The van der Waals surface area contributed by atoms with E-state index in [-0.39, 0.29) is 6.42 Å². The quantitative estimate of drug-likeness (QED) is 0.807. The summed E-state index contributed by atoms with van der Waals surface area (Å²) in [5, 5.41) is 9.03. The van der Waals surface area contributed by atoms with Crippen molar-refractivity contribution in [3.8, 4) is 0 Å². The van der Waals surface area contributed by atoms with Crippen molar-refractivity contribution in [2.45, 2.75) is 12.5 Å². The molecule has 0 amide bonds. The van der Waals surface area contributed by atoms with Crippen LogP contribution in [0, 0.1) is 0 Å². The number of hydrogen-bond donors (Lipinski definition) is 2. The number of imidazole rings is 1. The monoisotopic (exact) mass is 240 g/mol. The van der Waals surface area contributed by atoms with Crippen molar-refractivity contribution in [3.05, 3.63) is 29.4 Å². The van der Waals surface area contributed by atoms with E-state index in [1.807, 2.05) is 0 Å². The molecule has 0 aliphatic carbocycles. The largest absolute Gasteiger partial charge is 0.480 e. The van der Waals surface area contributed by atoms with E-state index < -0.39 is 12.0 Å². The van der Waals surface area contributed by atoms with Gasteiger partial charge in [0.05, 0.1) is 6.20 Å². The lowest BCUT2D eigenvalue weighted by atomic mass is 10.2. The van der Waals surface area contributed by atoms with Gasteiger partial charge in [0, 0.05) is 24.5 Å². The summed E-state index contributed by atoms with van der Waals surface area (Å²) in [6, 6.07) is -0.952. The third-order valence-corrected chi connectivity index (χ3v) is 2.38. The molecule has 2 rings (SSSR count). The average Bonchev–Trinajstić information content (AvgIpc) is 2.61. The minimum absolute atomic E-state index is 0.191. The lowest BCUT2D eigenvalue weighted by Gasteiger charge is -2.05.